The SMILES string of the molecule is CCC(C)[C@H](N)C(=O)NC(C)C. The zero-order chi connectivity index (χ0) is 9.72. The first kappa shape index (κ1) is 11.4. The minimum Gasteiger partial charge on any atom is -0.353 e. The molecule has 3 heteroatoms. The van der Waals surface area contributed by atoms with Crippen molar-refractivity contribution >= 4 is 5.91 Å². The van der Waals surface area contributed by atoms with E-state index < -0.39 is 0 Å². The summed E-state index contributed by atoms with van der Waals surface area (Å²) in [7, 11) is 0. The molecule has 0 fully saturated rings. The van der Waals surface area contributed by atoms with Crippen molar-refractivity contribution in [1.82, 2.24) is 5.32 Å². The number of hydrogen-bond acceptors (Lipinski definition) is 2. The van der Waals surface area contributed by atoms with Crippen LogP contribution in [-0.2, 0) is 4.79 Å². The van der Waals surface area contributed by atoms with Gasteiger partial charge in [-0.05, 0) is 19.8 Å². The molecule has 0 aromatic carbocycles. The predicted octanol–water partition coefficient (Wildman–Crippen LogP) is 0.884. The van der Waals surface area contributed by atoms with Crippen molar-refractivity contribution in [2.45, 2.75) is 46.2 Å². The Balaban J connectivity index is 3.92. The monoisotopic (exact) mass is 172 g/mol. The molecule has 72 valence electrons. The van der Waals surface area contributed by atoms with Crippen LogP contribution in [-0.4, -0.2) is 18.0 Å². The predicted molar refractivity (Wildman–Crippen MR) is 50.7 cm³/mol. The molecule has 12 heavy (non-hydrogen) atoms. The summed E-state index contributed by atoms with van der Waals surface area (Å²) < 4.78 is 0. The van der Waals surface area contributed by atoms with Gasteiger partial charge in [0.1, 0.15) is 0 Å². The zero-order valence-corrected chi connectivity index (χ0v) is 8.42. The molecule has 0 radical (unpaired) electrons. The van der Waals surface area contributed by atoms with Gasteiger partial charge in [0.15, 0.2) is 0 Å². The van der Waals surface area contributed by atoms with E-state index >= 15 is 0 Å². The number of carbonyl (C=O) groups is 1. The van der Waals surface area contributed by atoms with Crippen LogP contribution in [0.15, 0.2) is 0 Å². The molecule has 0 aliphatic heterocycles. The van der Waals surface area contributed by atoms with Gasteiger partial charge in [0, 0.05) is 6.04 Å². The van der Waals surface area contributed by atoms with Crippen molar-refractivity contribution in [3.8, 4) is 0 Å². The Morgan fingerprint density at radius 3 is 2.25 bits per heavy atom. The summed E-state index contributed by atoms with van der Waals surface area (Å²) in [5, 5.41) is 2.79. The molecule has 0 aromatic rings. The van der Waals surface area contributed by atoms with Gasteiger partial charge in [-0.15, -0.1) is 0 Å². The molecule has 1 amide bonds. The number of rotatable bonds is 4. The van der Waals surface area contributed by atoms with E-state index in [4.69, 9.17) is 5.73 Å². The molecule has 0 heterocycles. The van der Waals surface area contributed by atoms with E-state index in [9.17, 15) is 4.79 Å². The first-order chi connectivity index (χ1) is 5.49. The molecule has 1 unspecified atom stereocenters. The van der Waals surface area contributed by atoms with Crippen LogP contribution >= 0.6 is 0 Å². The van der Waals surface area contributed by atoms with Gasteiger partial charge in [-0.2, -0.15) is 0 Å². The fourth-order valence-corrected chi connectivity index (χ4v) is 0.893. The van der Waals surface area contributed by atoms with E-state index in [-0.39, 0.29) is 23.9 Å². The standard InChI is InChI=1S/C9H20N2O/c1-5-7(4)8(10)9(12)11-6(2)3/h6-8H,5,10H2,1-4H3,(H,11,12)/t7?,8-/m0/s1. The molecule has 0 aliphatic carbocycles. The fourth-order valence-electron chi connectivity index (χ4n) is 0.893. The average Bonchev–Trinajstić information content (AvgIpc) is 2.00. The normalized spacial score (nSPS) is 15.8. The van der Waals surface area contributed by atoms with Crippen LogP contribution in [0.3, 0.4) is 0 Å². The van der Waals surface area contributed by atoms with Crippen LogP contribution in [0.5, 0.6) is 0 Å². The lowest BCUT2D eigenvalue weighted by atomic mass is 9.99. The third-order valence-electron chi connectivity index (χ3n) is 1.99. The Labute approximate surface area is 74.7 Å². The van der Waals surface area contributed by atoms with Crippen LogP contribution in [0.25, 0.3) is 0 Å². The van der Waals surface area contributed by atoms with Gasteiger partial charge >= 0.3 is 0 Å². The summed E-state index contributed by atoms with van der Waals surface area (Å²) in [5.74, 6) is 0.211. The van der Waals surface area contributed by atoms with Gasteiger partial charge in [-0.3, -0.25) is 4.79 Å². The summed E-state index contributed by atoms with van der Waals surface area (Å²) >= 11 is 0. The number of carbonyl (C=O) groups excluding carboxylic acids is 1. The number of amides is 1. The van der Waals surface area contributed by atoms with Gasteiger partial charge in [-0.25, -0.2) is 0 Å². The van der Waals surface area contributed by atoms with Crippen LogP contribution in [0.2, 0.25) is 0 Å². The fraction of sp³-hybridized carbons (Fsp3) is 0.889. The summed E-state index contributed by atoms with van der Waals surface area (Å²) in [6.45, 7) is 7.89. The number of nitrogens with two attached hydrogens (primary N) is 1. The summed E-state index contributed by atoms with van der Waals surface area (Å²) in [6.07, 6.45) is 0.937. The molecular formula is C9H20N2O. The minimum absolute atomic E-state index is 0.0423. The van der Waals surface area contributed by atoms with E-state index in [1.165, 1.54) is 0 Å². The number of nitrogens with one attached hydrogen (secondary N) is 1. The second-order valence-corrected chi connectivity index (χ2v) is 3.57. The Hall–Kier alpha value is -0.570. The Morgan fingerprint density at radius 1 is 1.42 bits per heavy atom. The Kier molecular flexibility index (Phi) is 4.90. The molecule has 0 aliphatic rings. The largest absolute Gasteiger partial charge is 0.353 e. The van der Waals surface area contributed by atoms with Crippen LogP contribution in [0.1, 0.15) is 34.1 Å². The van der Waals surface area contributed by atoms with E-state index in [2.05, 4.69) is 5.32 Å². The highest BCUT2D eigenvalue weighted by atomic mass is 16.2. The van der Waals surface area contributed by atoms with Crippen molar-refractivity contribution < 1.29 is 4.79 Å². The minimum atomic E-state index is -0.364. The highest BCUT2D eigenvalue weighted by Crippen LogP contribution is 2.05. The van der Waals surface area contributed by atoms with Crippen molar-refractivity contribution in [2.75, 3.05) is 0 Å². The Bertz CT molecular complexity index is 145. The van der Waals surface area contributed by atoms with Crippen molar-refractivity contribution in [3.05, 3.63) is 0 Å². The summed E-state index contributed by atoms with van der Waals surface area (Å²) in [6, 6.07) is -0.190. The Morgan fingerprint density at radius 2 is 1.92 bits per heavy atom. The lowest BCUT2D eigenvalue weighted by molar-refractivity contribution is -0.123. The molecule has 3 N–H and O–H groups in total. The second-order valence-electron chi connectivity index (χ2n) is 3.57. The maximum absolute atomic E-state index is 11.3. The molecule has 0 bridgehead atoms. The molecule has 2 atom stereocenters. The molecule has 0 rings (SSSR count). The van der Waals surface area contributed by atoms with Crippen molar-refractivity contribution in [1.29, 1.82) is 0 Å². The van der Waals surface area contributed by atoms with Gasteiger partial charge in [0.25, 0.3) is 0 Å². The van der Waals surface area contributed by atoms with Crippen molar-refractivity contribution in [3.63, 3.8) is 0 Å². The van der Waals surface area contributed by atoms with E-state index in [1.807, 2.05) is 27.7 Å². The summed E-state index contributed by atoms with van der Waals surface area (Å²) in [5.41, 5.74) is 5.71. The smallest absolute Gasteiger partial charge is 0.237 e. The van der Waals surface area contributed by atoms with E-state index in [0.717, 1.165) is 6.42 Å². The van der Waals surface area contributed by atoms with Crippen LogP contribution in [0.4, 0.5) is 0 Å². The second kappa shape index (κ2) is 5.14. The third kappa shape index (κ3) is 3.72. The lowest BCUT2D eigenvalue weighted by Gasteiger charge is -2.19. The molecule has 0 saturated carbocycles. The maximum atomic E-state index is 11.3. The lowest BCUT2D eigenvalue weighted by Crippen LogP contribution is -2.46. The number of hydrogen-bond donors (Lipinski definition) is 2. The molecule has 0 spiro atoms. The molecule has 3 nitrogen and oxygen atoms in total. The highest BCUT2D eigenvalue weighted by molar-refractivity contribution is 5.81. The first-order valence-electron chi connectivity index (χ1n) is 4.55. The van der Waals surface area contributed by atoms with Gasteiger partial charge < -0.3 is 11.1 Å². The van der Waals surface area contributed by atoms with E-state index in [0.29, 0.717) is 0 Å². The molecular weight excluding hydrogens is 152 g/mol. The van der Waals surface area contributed by atoms with Gasteiger partial charge in [0.2, 0.25) is 5.91 Å². The average molecular weight is 172 g/mol. The van der Waals surface area contributed by atoms with Crippen LogP contribution < -0.4 is 11.1 Å². The topological polar surface area (TPSA) is 55.1 Å². The van der Waals surface area contributed by atoms with Gasteiger partial charge in [0.05, 0.1) is 6.04 Å². The van der Waals surface area contributed by atoms with Crippen molar-refractivity contribution in [2.24, 2.45) is 11.7 Å². The van der Waals surface area contributed by atoms with Gasteiger partial charge in [-0.1, -0.05) is 20.3 Å². The maximum Gasteiger partial charge on any atom is 0.237 e. The molecule has 0 aromatic heterocycles. The summed E-state index contributed by atoms with van der Waals surface area (Å²) in [4.78, 5) is 11.3. The zero-order valence-electron chi connectivity index (χ0n) is 8.42. The van der Waals surface area contributed by atoms with Crippen LogP contribution in [0, 0.1) is 5.92 Å². The quantitative estimate of drug-likeness (QED) is 0.661. The third-order valence-corrected chi connectivity index (χ3v) is 1.99. The molecule has 0 saturated heterocycles. The first-order valence-corrected chi connectivity index (χ1v) is 4.55. The van der Waals surface area contributed by atoms with E-state index in [1.54, 1.807) is 0 Å². The highest BCUT2D eigenvalue weighted by Gasteiger charge is 2.19.